The molecule has 1 aromatic heterocycles. The topological polar surface area (TPSA) is 79.4 Å². The fraction of sp³-hybridized carbons (Fsp3) is 0.333. The van der Waals surface area contributed by atoms with Gasteiger partial charge < -0.3 is 4.90 Å². The molecule has 0 aliphatic rings. The number of carbonyl (C=O) groups excluding carboxylic acids is 1. The van der Waals surface area contributed by atoms with Crippen LogP contribution in [0.2, 0.25) is 5.02 Å². The number of aryl methyl sites for hydroxylation is 1. The van der Waals surface area contributed by atoms with Crippen LogP contribution in [0.3, 0.4) is 0 Å². The number of thiazole rings is 1. The van der Waals surface area contributed by atoms with Crippen molar-refractivity contribution in [1.29, 1.82) is 0 Å². The number of hydrogen-bond acceptors (Lipinski definition) is 5. The molecule has 0 bridgehead atoms. The van der Waals surface area contributed by atoms with Crippen molar-refractivity contribution in [3.8, 4) is 0 Å². The maximum atomic E-state index is 12.2. The van der Waals surface area contributed by atoms with Gasteiger partial charge in [-0.2, -0.15) is 0 Å². The van der Waals surface area contributed by atoms with E-state index < -0.39 is 10.0 Å². The van der Waals surface area contributed by atoms with Crippen LogP contribution < -0.4 is 4.72 Å². The summed E-state index contributed by atoms with van der Waals surface area (Å²) in [5, 5.41) is 2.99. The zero-order valence-corrected chi connectivity index (χ0v) is 15.7. The van der Waals surface area contributed by atoms with E-state index in [1.807, 2.05) is 12.3 Å². The number of hydrogen-bond donors (Lipinski definition) is 1. The molecular weight excluding hydrogens is 370 g/mol. The molecule has 1 aromatic carbocycles. The van der Waals surface area contributed by atoms with Gasteiger partial charge in [-0.15, -0.1) is 11.3 Å². The molecule has 1 heterocycles. The number of benzene rings is 1. The molecule has 6 nitrogen and oxygen atoms in total. The summed E-state index contributed by atoms with van der Waals surface area (Å²) < 4.78 is 26.7. The first-order chi connectivity index (χ1) is 11.3. The summed E-state index contributed by atoms with van der Waals surface area (Å²) in [6, 6.07) is 6.17. The molecule has 9 heteroatoms. The molecule has 1 N–H and O–H groups in total. The van der Waals surface area contributed by atoms with E-state index in [1.165, 1.54) is 28.4 Å². The van der Waals surface area contributed by atoms with Gasteiger partial charge in [-0.3, -0.25) is 4.79 Å². The Labute approximate surface area is 150 Å². The van der Waals surface area contributed by atoms with E-state index in [0.29, 0.717) is 6.54 Å². The molecule has 2 rings (SSSR count). The van der Waals surface area contributed by atoms with Gasteiger partial charge in [0.25, 0.3) is 0 Å². The zero-order valence-electron chi connectivity index (χ0n) is 13.3. The van der Waals surface area contributed by atoms with Crippen LogP contribution in [0.25, 0.3) is 0 Å². The zero-order chi connectivity index (χ0) is 17.7. The van der Waals surface area contributed by atoms with Crippen molar-refractivity contribution in [2.24, 2.45) is 0 Å². The van der Waals surface area contributed by atoms with Gasteiger partial charge in [0, 0.05) is 25.4 Å². The Morgan fingerprint density at radius 3 is 2.71 bits per heavy atom. The van der Waals surface area contributed by atoms with Crippen molar-refractivity contribution in [1.82, 2.24) is 14.6 Å². The Morgan fingerprint density at radius 1 is 1.38 bits per heavy atom. The minimum absolute atomic E-state index is 0.00502. The number of amides is 1. The van der Waals surface area contributed by atoms with E-state index in [-0.39, 0.29) is 28.8 Å². The summed E-state index contributed by atoms with van der Waals surface area (Å²) in [7, 11) is -2.06. The largest absolute Gasteiger partial charge is 0.340 e. The van der Waals surface area contributed by atoms with Crippen molar-refractivity contribution < 1.29 is 13.2 Å². The highest BCUT2D eigenvalue weighted by Crippen LogP contribution is 2.20. The third-order valence-corrected chi connectivity index (χ3v) is 6.03. The number of aromatic nitrogens is 1. The Bertz CT molecular complexity index is 821. The van der Waals surface area contributed by atoms with Crippen molar-refractivity contribution in [3.05, 3.63) is 45.4 Å². The van der Waals surface area contributed by atoms with Crippen LogP contribution in [-0.4, -0.2) is 37.8 Å². The Morgan fingerprint density at radius 2 is 2.08 bits per heavy atom. The first kappa shape index (κ1) is 18.9. The normalized spacial score (nSPS) is 11.5. The Kier molecular flexibility index (Phi) is 6.34. The van der Waals surface area contributed by atoms with E-state index in [1.54, 1.807) is 19.2 Å². The fourth-order valence-corrected chi connectivity index (χ4v) is 4.19. The van der Waals surface area contributed by atoms with Crippen LogP contribution in [-0.2, 0) is 21.4 Å². The summed E-state index contributed by atoms with van der Waals surface area (Å²) in [4.78, 5) is 17.9. The predicted molar refractivity (Wildman–Crippen MR) is 94.6 cm³/mol. The molecule has 24 heavy (non-hydrogen) atoms. The van der Waals surface area contributed by atoms with Gasteiger partial charge in [0.05, 0.1) is 22.3 Å². The molecular formula is C15H18ClN3O3S2. The van der Waals surface area contributed by atoms with E-state index in [0.717, 1.165) is 10.7 Å². The van der Waals surface area contributed by atoms with Gasteiger partial charge in [-0.05, 0) is 19.1 Å². The lowest BCUT2D eigenvalue weighted by Gasteiger charge is -2.16. The van der Waals surface area contributed by atoms with Crippen LogP contribution >= 0.6 is 22.9 Å². The third kappa shape index (κ3) is 5.01. The number of carbonyl (C=O) groups is 1. The second kappa shape index (κ2) is 8.06. The lowest BCUT2D eigenvalue weighted by molar-refractivity contribution is -0.130. The highest BCUT2D eigenvalue weighted by atomic mass is 35.5. The number of nitrogens with zero attached hydrogens (tertiary/aromatic N) is 2. The first-order valence-electron chi connectivity index (χ1n) is 7.19. The van der Waals surface area contributed by atoms with Crippen LogP contribution in [0.4, 0.5) is 0 Å². The maximum absolute atomic E-state index is 12.2. The van der Waals surface area contributed by atoms with Crippen molar-refractivity contribution in [3.63, 3.8) is 0 Å². The molecule has 0 saturated heterocycles. The maximum Gasteiger partial charge on any atom is 0.242 e. The molecule has 0 radical (unpaired) electrons. The minimum Gasteiger partial charge on any atom is -0.340 e. The van der Waals surface area contributed by atoms with Gasteiger partial charge in [0.15, 0.2) is 0 Å². The predicted octanol–water partition coefficient (Wildman–Crippen LogP) is 2.43. The molecule has 0 unspecified atom stereocenters. The van der Waals surface area contributed by atoms with Crippen LogP contribution in [0, 0.1) is 6.92 Å². The first-order valence-corrected chi connectivity index (χ1v) is 9.93. The van der Waals surface area contributed by atoms with Gasteiger partial charge >= 0.3 is 0 Å². The van der Waals surface area contributed by atoms with Crippen LogP contribution in [0.15, 0.2) is 34.5 Å². The molecule has 0 saturated carbocycles. The lowest BCUT2D eigenvalue weighted by atomic mass is 10.3. The van der Waals surface area contributed by atoms with E-state index in [4.69, 9.17) is 11.6 Å². The van der Waals surface area contributed by atoms with Crippen molar-refractivity contribution >= 4 is 38.9 Å². The van der Waals surface area contributed by atoms with Gasteiger partial charge in [-0.1, -0.05) is 23.7 Å². The monoisotopic (exact) mass is 387 g/mol. The number of sulfonamides is 1. The summed E-state index contributed by atoms with van der Waals surface area (Å²) in [5.74, 6) is -0.164. The highest BCUT2D eigenvalue weighted by Gasteiger charge is 2.18. The average Bonchev–Trinajstić information content (AvgIpc) is 2.92. The summed E-state index contributed by atoms with van der Waals surface area (Å²) in [6.07, 6.45) is 0.0588. The summed E-state index contributed by atoms with van der Waals surface area (Å²) in [6.45, 7) is 2.31. The number of nitrogens with one attached hydrogen (secondary N) is 1. The van der Waals surface area contributed by atoms with Crippen molar-refractivity contribution in [2.75, 3.05) is 13.6 Å². The highest BCUT2D eigenvalue weighted by molar-refractivity contribution is 7.89. The summed E-state index contributed by atoms with van der Waals surface area (Å²) >= 11 is 7.42. The van der Waals surface area contributed by atoms with Crippen LogP contribution in [0.5, 0.6) is 0 Å². The average molecular weight is 388 g/mol. The van der Waals surface area contributed by atoms with Crippen molar-refractivity contribution in [2.45, 2.75) is 24.8 Å². The second-order valence-electron chi connectivity index (χ2n) is 5.19. The molecule has 0 fully saturated rings. The Hall–Kier alpha value is -1.48. The van der Waals surface area contributed by atoms with E-state index in [9.17, 15) is 13.2 Å². The molecule has 130 valence electrons. The van der Waals surface area contributed by atoms with Crippen LogP contribution in [0.1, 0.15) is 17.1 Å². The smallest absolute Gasteiger partial charge is 0.242 e. The number of halogens is 1. The Balaban J connectivity index is 1.86. The molecule has 0 aliphatic heterocycles. The van der Waals surface area contributed by atoms with Gasteiger partial charge in [0.1, 0.15) is 4.90 Å². The second-order valence-corrected chi connectivity index (χ2v) is 8.39. The van der Waals surface area contributed by atoms with E-state index in [2.05, 4.69) is 9.71 Å². The molecule has 1 amide bonds. The standard InChI is InChI=1S/C15H18ClN3O3S2/c1-11-18-12(10-23-11)9-19(2)15(20)7-8-17-24(21,22)14-6-4-3-5-13(14)16/h3-6,10,17H,7-9H2,1-2H3. The van der Waals surface area contributed by atoms with Gasteiger partial charge in [-0.25, -0.2) is 18.1 Å². The third-order valence-electron chi connectivity index (χ3n) is 3.25. The molecule has 0 atom stereocenters. The summed E-state index contributed by atoms with van der Waals surface area (Å²) in [5.41, 5.74) is 0.824. The molecule has 0 aliphatic carbocycles. The molecule has 2 aromatic rings. The SMILES string of the molecule is Cc1nc(CN(C)C(=O)CCNS(=O)(=O)c2ccccc2Cl)cs1. The number of rotatable bonds is 7. The van der Waals surface area contributed by atoms with Gasteiger partial charge in [0.2, 0.25) is 15.9 Å². The minimum atomic E-state index is -3.73. The quantitative estimate of drug-likeness (QED) is 0.791. The molecule has 0 spiro atoms. The lowest BCUT2D eigenvalue weighted by Crippen LogP contribution is -2.32. The fourth-order valence-electron chi connectivity index (χ4n) is 2.04. The van der Waals surface area contributed by atoms with E-state index >= 15 is 0 Å².